The van der Waals surface area contributed by atoms with Gasteiger partial charge in [0.05, 0.1) is 28.6 Å². The molecule has 0 spiro atoms. The monoisotopic (exact) mass is 326 g/mol. The number of rotatable bonds is 3. The number of ether oxygens (including phenoxy) is 1. The van der Waals surface area contributed by atoms with Crippen LogP contribution in [0.25, 0.3) is 0 Å². The fourth-order valence-corrected chi connectivity index (χ4v) is 3.01. The summed E-state index contributed by atoms with van der Waals surface area (Å²) in [6.45, 7) is 1.38. The maximum absolute atomic E-state index is 6.52. The number of alkyl halides is 1. The molecule has 0 bridgehead atoms. The van der Waals surface area contributed by atoms with Crippen LogP contribution in [-0.2, 0) is 24.4 Å². The van der Waals surface area contributed by atoms with Gasteiger partial charge in [0.25, 0.3) is 0 Å². The first-order chi connectivity index (χ1) is 9.63. The van der Waals surface area contributed by atoms with Gasteiger partial charge in [-0.3, -0.25) is 0 Å². The quantitative estimate of drug-likeness (QED) is 0.672. The van der Waals surface area contributed by atoms with Gasteiger partial charge in [0.2, 0.25) is 0 Å². The number of benzene rings is 2. The molecule has 0 saturated carbocycles. The van der Waals surface area contributed by atoms with Crippen LogP contribution in [0, 0.1) is 0 Å². The summed E-state index contributed by atoms with van der Waals surface area (Å²) >= 11 is 18.5. The Morgan fingerprint density at radius 2 is 1.75 bits per heavy atom. The molecule has 1 unspecified atom stereocenters. The fourth-order valence-electron chi connectivity index (χ4n) is 2.38. The van der Waals surface area contributed by atoms with Gasteiger partial charge < -0.3 is 4.74 Å². The Balaban J connectivity index is 1.78. The summed E-state index contributed by atoms with van der Waals surface area (Å²) in [4.78, 5) is 0. The molecule has 1 nitrogen and oxygen atoms in total. The predicted octanol–water partition coefficient (Wildman–Crippen LogP) is 5.55. The average Bonchev–Trinajstić information content (AvgIpc) is 2.90. The highest BCUT2D eigenvalue weighted by Crippen LogP contribution is 2.31. The molecule has 2 aromatic carbocycles. The van der Waals surface area contributed by atoms with Crippen molar-refractivity contribution in [2.24, 2.45) is 0 Å². The third-order valence-corrected chi connectivity index (χ3v) is 4.65. The molecular formula is C16H13Cl3O. The highest BCUT2D eigenvalue weighted by atomic mass is 35.5. The highest BCUT2D eigenvalue weighted by Gasteiger charge is 2.15. The first kappa shape index (κ1) is 14.2. The third kappa shape index (κ3) is 2.96. The molecule has 4 heteroatoms. The van der Waals surface area contributed by atoms with Crippen molar-refractivity contribution in [3.05, 3.63) is 68.7 Å². The summed E-state index contributed by atoms with van der Waals surface area (Å²) in [7, 11) is 0. The van der Waals surface area contributed by atoms with Gasteiger partial charge in [-0.1, -0.05) is 47.5 Å². The molecule has 0 N–H and O–H groups in total. The van der Waals surface area contributed by atoms with Gasteiger partial charge in [0, 0.05) is 0 Å². The molecule has 1 aliphatic heterocycles. The van der Waals surface area contributed by atoms with E-state index in [1.165, 1.54) is 11.1 Å². The van der Waals surface area contributed by atoms with Gasteiger partial charge in [-0.15, -0.1) is 11.6 Å². The van der Waals surface area contributed by atoms with E-state index in [0.29, 0.717) is 23.3 Å². The van der Waals surface area contributed by atoms with E-state index < -0.39 is 0 Å². The lowest BCUT2D eigenvalue weighted by molar-refractivity contribution is 0.134. The van der Waals surface area contributed by atoms with Crippen LogP contribution in [0.5, 0.6) is 0 Å². The van der Waals surface area contributed by atoms with E-state index in [1.54, 1.807) is 6.07 Å². The summed E-state index contributed by atoms with van der Waals surface area (Å²) in [6, 6.07) is 11.9. The minimum Gasteiger partial charge on any atom is -0.372 e. The molecule has 1 heterocycles. The largest absolute Gasteiger partial charge is 0.372 e. The second kappa shape index (κ2) is 5.95. The molecule has 2 aromatic rings. The van der Waals surface area contributed by atoms with Crippen molar-refractivity contribution in [1.82, 2.24) is 0 Å². The fraction of sp³-hybridized carbons (Fsp3) is 0.250. The molecule has 1 atom stereocenters. The molecule has 1 aliphatic rings. The summed E-state index contributed by atoms with van der Waals surface area (Å²) in [5.74, 6) is 0. The molecule has 0 saturated heterocycles. The van der Waals surface area contributed by atoms with Gasteiger partial charge in [-0.05, 0) is 40.8 Å². The summed E-state index contributed by atoms with van der Waals surface area (Å²) in [6.07, 6.45) is 0.720. The first-order valence-electron chi connectivity index (χ1n) is 6.41. The van der Waals surface area contributed by atoms with Crippen LogP contribution < -0.4 is 0 Å². The zero-order valence-corrected chi connectivity index (χ0v) is 13.0. The van der Waals surface area contributed by atoms with Crippen LogP contribution in [0.15, 0.2) is 36.4 Å². The van der Waals surface area contributed by atoms with Crippen molar-refractivity contribution in [3.63, 3.8) is 0 Å². The van der Waals surface area contributed by atoms with Crippen molar-refractivity contribution < 1.29 is 4.74 Å². The third-order valence-electron chi connectivity index (χ3n) is 3.51. The zero-order chi connectivity index (χ0) is 14.1. The minimum absolute atomic E-state index is 0.0851. The number of hydrogen-bond acceptors (Lipinski definition) is 1. The average molecular weight is 328 g/mol. The first-order valence-corrected chi connectivity index (χ1v) is 7.60. The Morgan fingerprint density at radius 3 is 2.55 bits per heavy atom. The van der Waals surface area contributed by atoms with Gasteiger partial charge in [0.15, 0.2) is 0 Å². The van der Waals surface area contributed by atoms with Crippen LogP contribution >= 0.6 is 34.8 Å². The molecule has 0 fully saturated rings. The van der Waals surface area contributed by atoms with Crippen LogP contribution in [0.2, 0.25) is 10.0 Å². The number of hydrogen-bond donors (Lipinski definition) is 0. The lowest BCUT2D eigenvalue weighted by atomic mass is 10.00. The number of fused-ring (bicyclic) bond motifs is 1. The van der Waals surface area contributed by atoms with Crippen molar-refractivity contribution in [2.75, 3.05) is 0 Å². The zero-order valence-electron chi connectivity index (χ0n) is 10.7. The second-order valence-corrected chi connectivity index (χ2v) is 6.28. The van der Waals surface area contributed by atoms with E-state index in [-0.39, 0.29) is 5.38 Å². The maximum atomic E-state index is 6.52. The Kier molecular flexibility index (Phi) is 4.23. The van der Waals surface area contributed by atoms with E-state index in [9.17, 15) is 0 Å². The van der Waals surface area contributed by atoms with Gasteiger partial charge in [-0.25, -0.2) is 0 Å². The molecule has 0 radical (unpaired) electrons. The molecule has 0 aromatic heterocycles. The molecule has 0 amide bonds. The molecule has 0 aliphatic carbocycles. The Bertz CT molecular complexity index is 640. The van der Waals surface area contributed by atoms with Gasteiger partial charge in [0.1, 0.15) is 0 Å². The molecule has 104 valence electrons. The van der Waals surface area contributed by atoms with E-state index in [1.807, 2.05) is 12.1 Å². The Labute approximate surface area is 133 Å². The number of halogens is 3. The summed E-state index contributed by atoms with van der Waals surface area (Å²) in [5, 5.41) is 1.05. The lowest BCUT2D eigenvalue weighted by Crippen LogP contribution is -1.97. The van der Waals surface area contributed by atoms with Gasteiger partial charge >= 0.3 is 0 Å². The predicted molar refractivity (Wildman–Crippen MR) is 83.7 cm³/mol. The van der Waals surface area contributed by atoms with Crippen LogP contribution in [0.4, 0.5) is 0 Å². The molecule has 3 rings (SSSR count). The topological polar surface area (TPSA) is 9.23 Å². The second-order valence-electron chi connectivity index (χ2n) is 4.94. The Morgan fingerprint density at radius 1 is 0.950 bits per heavy atom. The van der Waals surface area contributed by atoms with Crippen LogP contribution in [0.3, 0.4) is 0 Å². The summed E-state index contributed by atoms with van der Waals surface area (Å²) < 4.78 is 5.42. The SMILES string of the molecule is Clc1ccc(CC(Cl)c2ccc3c(c2)COC3)cc1Cl. The summed E-state index contributed by atoms with van der Waals surface area (Å²) in [5.41, 5.74) is 4.69. The maximum Gasteiger partial charge on any atom is 0.0725 e. The van der Waals surface area contributed by atoms with E-state index >= 15 is 0 Å². The van der Waals surface area contributed by atoms with Crippen LogP contribution in [-0.4, -0.2) is 0 Å². The van der Waals surface area contributed by atoms with Gasteiger partial charge in [-0.2, -0.15) is 0 Å². The van der Waals surface area contributed by atoms with E-state index in [4.69, 9.17) is 39.5 Å². The van der Waals surface area contributed by atoms with Crippen LogP contribution in [0.1, 0.15) is 27.6 Å². The smallest absolute Gasteiger partial charge is 0.0725 e. The van der Waals surface area contributed by atoms with Crippen molar-refractivity contribution in [1.29, 1.82) is 0 Å². The highest BCUT2D eigenvalue weighted by molar-refractivity contribution is 6.42. The van der Waals surface area contributed by atoms with Crippen molar-refractivity contribution >= 4 is 34.8 Å². The normalized spacial score (nSPS) is 15.2. The lowest BCUT2D eigenvalue weighted by Gasteiger charge is -2.12. The van der Waals surface area contributed by atoms with E-state index in [2.05, 4.69) is 18.2 Å². The molecular weight excluding hydrogens is 315 g/mol. The van der Waals surface area contributed by atoms with E-state index in [0.717, 1.165) is 17.5 Å². The van der Waals surface area contributed by atoms with Crippen molar-refractivity contribution in [2.45, 2.75) is 25.0 Å². The Hall–Kier alpha value is -0.730. The minimum atomic E-state index is -0.0851. The standard InChI is InChI=1S/C16H13Cl3O/c17-14-4-1-10(6-16(14)19)5-15(18)11-2-3-12-8-20-9-13(12)7-11/h1-4,6-7,15H,5,8-9H2. The molecule has 20 heavy (non-hydrogen) atoms. The van der Waals surface area contributed by atoms with Crippen molar-refractivity contribution in [3.8, 4) is 0 Å².